The summed E-state index contributed by atoms with van der Waals surface area (Å²) in [5, 5.41) is 29.4. The van der Waals surface area contributed by atoms with Crippen molar-refractivity contribution in [1.82, 2.24) is 4.72 Å². The van der Waals surface area contributed by atoms with E-state index in [-0.39, 0.29) is 11.9 Å². The Morgan fingerprint density at radius 3 is 2.71 bits per heavy atom. The van der Waals surface area contributed by atoms with Gasteiger partial charge in [-0.1, -0.05) is 30.0 Å². The maximum atomic E-state index is 15.2. The van der Waals surface area contributed by atoms with E-state index in [0.717, 1.165) is 9.87 Å². The summed E-state index contributed by atoms with van der Waals surface area (Å²) in [5.41, 5.74) is 0.403. The number of benzene rings is 2. The molecule has 0 saturated carbocycles. The maximum absolute atomic E-state index is 15.2. The lowest BCUT2D eigenvalue weighted by molar-refractivity contribution is -0.141. The van der Waals surface area contributed by atoms with Crippen LogP contribution in [0.5, 0.6) is 5.75 Å². The summed E-state index contributed by atoms with van der Waals surface area (Å²) in [4.78, 5) is 10.9. The number of aliphatic hydroxyl groups is 1. The summed E-state index contributed by atoms with van der Waals surface area (Å²) in [5.74, 6) is -2.61. The maximum Gasteiger partial charge on any atom is 0.306 e. The van der Waals surface area contributed by atoms with Crippen molar-refractivity contribution in [1.29, 1.82) is 0 Å². The monoisotopic (exact) mass is 414 g/mol. The first-order valence-corrected chi connectivity index (χ1v) is 10.3. The second-order valence-electron chi connectivity index (χ2n) is 6.96. The van der Waals surface area contributed by atoms with Gasteiger partial charge in [-0.15, -0.1) is 0 Å². The van der Waals surface area contributed by atoms with E-state index in [1.54, 1.807) is 25.1 Å². The van der Waals surface area contributed by atoms with E-state index in [1.165, 1.54) is 6.07 Å². The van der Waals surface area contributed by atoms with E-state index in [9.17, 15) is 24.1 Å². The van der Waals surface area contributed by atoms with Crippen molar-refractivity contribution in [2.24, 2.45) is 5.92 Å². The Morgan fingerprint density at radius 1 is 1.39 bits per heavy atom. The van der Waals surface area contributed by atoms with Gasteiger partial charge in [-0.3, -0.25) is 13.9 Å². The second-order valence-corrected chi connectivity index (χ2v) is 8.67. The number of anilines is 1. The SMILES string of the molecule is C[C@H](CCCc1ccc2cc(O)c(N3CC(O)NS3(O)O)c(F)c2c1)C(=O)O. The second kappa shape index (κ2) is 7.72. The Morgan fingerprint density at radius 2 is 2.11 bits per heavy atom. The lowest BCUT2D eigenvalue weighted by atomic mass is 9.98. The van der Waals surface area contributed by atoms with Crippen LogP contribution in [0.1, 0.15) is 25.3 Å². The topological polar surface area (TPSA) is 133 Å². The van der Waals surface area contributed by atoms with Crippen LogP contribution in [0.25, 0.3) is 10.8 Å². The van der Waals surface area contributed by atoms with Crippen LogP contribution in [0.15, 0.2) is 24.3 Å². The molecule has 1 aliphatic rings. The van der Waals surface area contributed by atoms with Gasteiger partial charge in [-0.05, 0) is 42.3 Å². The minimum atomic E-state index is -3.67. The van der Waals surface area contributed by atoms with Crippen molar-refractivity contribution in [3.8, 4) is 5.75 Å². The highest BCUT2D eigenvalue weighted by atomic mass is 32.3. The summed E-state index contributed by atoms with van der Waals surface area (Å²) in [6.07, 6.45) is 0.396. The predicted molar refractivity (Wildman–Crippen MR) is 105 cm³/mol. The van der Waals surface area contributed by atoms with Crippen molar-refractivity contribution in [2.75, 3.05) is 10.8 Å². The van der Waals surface area contributed by atoms with Crippen molar-refractivity contribution < 1.29 is 33.6 Å². The lowest BCUT2D eigenvalue weighted by Crippen LogP contribution is -2.26. The predicted octanol–water partition coefficient (Wildman–Crippen LogP) is 3.04. The number of aryl methyl sites for hydroxylation is 1. The minimum Gasteiger partial charge on any atom is -0.506 e. The van der Waals surface area contributed by atoms with Crippen LogP contribution in [0.4, 0.5) is 10.1 Å². The zero-order valence-corrected chi connectivity index (χ0v) is 16.0. The van der Waals surface area contributed by atoms with Gasteiger partial charge in [0.1, 0.15) is 17.7 Å². The molecule has 154 valence electrons. The number of carboxylic acid groups (broad SMARTS) is 1. The first kappa shape index (κ1) is 20.6. The van der Waals surface area contributed by atoms with Crippen molar-refractivity contribution in [3.63, 3.8) is 0 Å². The standard InChI is InChI=1S/C18H23FN2O6S/c1-10(18(24)25)3-2-4-11-5-6-12-8-14(22)17(16(19)13(12)7-11)21-9-15(23)20-28(21,26)27/h5-8,10,15,20,22-23,26-27H,2-4,9H2,1H3,(H,24,25)/t10-,15?/m1/s1. The molecule has 10 heteroatoms. The van der Waals surface area contributed by atoms with Crippen LogP contribution in [-0.2, 0) is 11.2 Å². The van der Waals surface area contributed by atoms with Gasteiger partial charge >= 0.3 is 5.97 Å². The number of halogens is 1. The molecule has 0 amide bonds. The number of β-amino-alcohol motifs (C(OH)–C–C–N with tert-alkyl or cyclic N) is 1. The van der Waals surface area contributed by atoms with Crippen LogP contribution in [0, 0.1) is 11.7 Å². The van der Waals surface area contributed by atoms with Crippen molar-refractivity contribution in [3.05, 3.63) is 35.6 Å². The van der Waals surface area contributed by atoms with Gasteiger partial charge in [-0.25, -0.2) is 8.70 Å². The smallest absolute Gasteiger partial charge is 0.306 e. The Kier molecular flexibility index (Phi) is 5.69. The molecular weight excluding hydrogens is 391 g/mol. The fourth-order valence-electron chi connectivity index (χ4n) is 3.27. The zero-order valence-electron chi connectivity index (χ0n) is 15.2. The van der Waals surface area contributed by atoms with Gasteiger partial charge in [0.25, 0.3) is 0 Å². The van der Waals surface area contributed by atoms with E-state index in [2.05, 4.69) is 4.72 Å². The fourth-order valence-corrected chi connectivity index (χ4v) is 4.61. The number of fused-ring (bicyclic) bond motifs is 1. The molecule has 0 spiro atoms. The van der Waals surface area contributed by atoms with Crippen LogP contribution in [-0.4, -0.2) is 43.2 Å². The van der Waals surface area contributed by atoms with Gasteiger partial charge in [0.15, 0.2) is 5.82 Å². The number of phenols is 1. The van der Waals surface area contributed by atoms with Gasteiger partial charge in [0.2, 0.25) is 0 Å². The van der Waals surface area contributed by atoms with E-state index in [4.69, 9.17) is 5.11 Å². The highest BCUT2D eigenvalue weighted by Crippen LogP contribution is 2.51. The molecule has 28 heavy (non-hydrogen) atoms. The Hall–Kier alpha value is -2.11. The molecule has 0 aliphatic carbocycles. The third kappa shape index (κ3) is 4.01. The normalized spacial score (nSPS) is 21.0. The molecule has 6 N–H and O–H groups in total. The molecule has 1 heterocycles. The van der Waals surface area contributed by atoms with Crippen LogP contribution in [0.3, 0.4) is 0 Å². The number of phenolic OH excluding ortho intramolecular Hbond substituents is 1. The Labute approximate surface area is 162 Å². The average molecular weight is 414 g/mol. The number of carboxylic acids is 1. The number of aliphatic carboxylic acids is 1. The lowest BCUT2D eigenvalue weighted by Gasteiger charge is -2.37. The van der Waals surface area contributed by atoms with Gasteiger partial charge in [-0.2, -0.15) is 4.72 Å². The van der Waals surface area contributed by atoms with E-state index >= 15 is 4.39 Å². The molecule has 1 unspecified atom stereocenters. The number of aromatic hydroxyl groups is 1. The Balaban J connectivity index is 1.92. The zero-order chi connectivity index (χ0) is 20.6. The number of hydrogen-bond acceptors (Lipinski definition) is 7. The van der Waals surface area contributed by atoms with E-state index in [1.807, 2.05) is 0 Å². The van der Waals surface area contributed by atoms with Crippen molar-refractivity contribution >= 4 is 33.4 Å². The summed E-state index contributed by atoms with van der Waals surface area (Å²) in [6.45, 7) is 1.33. The molecule has 2 aromatic rings. The third-order valence-electron chi connectivity index (χ3n) is 4.81. The number of rotatable bonds is 6. The third-order valence-corrected chi connectivity index (χ3v) is 6.35. The summed E-state index contributed by atoms with van der Waals surface area (Å²) in [7, 11) is -3.67. The summed E-state index contributed by atoms with van der Waals surface area (Å²) < 4.78 is 38.2. The fraction of sp³-hybridized carbons (Fsp3) is 0.389. The molecule has 3 rings (SSSR count). The van der Waals surface area contributed by atoms with Crippen LogP contribution >= 0.6 is 11.0 Å². The number of carbonyl (C=O) groups is 1. The van der Waals surface area contributed by atoms with Gasteiger partial charge in [0, 0.05) is 5.39 Å². The van der Waals surface area contributed by atoms with E-state index < -0.39 is 46.3 Å². The number of aliphatic hydroxyl groups excluding tert-OH is 1. The van der Waals surface area contributed by atoms with Crippen molar-refractivity contribution in [2.45, 2.75) is 32.4 Å². The molecule has 0 aromatic heterocycles. The molecule has 1 saturated heterocycles. The Bertz CT molecular complexity index is 909. The number of nitrogens with zero attached hydrogens (tertiary/aromatic N) is 1. The average Bonchev–Trinajstić information content (AvgIpc) is 2.87. The quantitative estimate of drug-likeness (QED) is 0.425. The van der Waals surface area contributed by atoms with Gasteiger partial charge < -0.3 is 15.3 Å². The molecule has 2 aromatic carbocycles. The van der Waals surface area contributed by atoms with Crippen LogP contribution < -0.4 is 9.03 Å². The molecule has 8 nitrogen and oxygen atoms in total. The molecule has 2 atom stereocenters. The highest BCUT2D eigenvalue weighted by Gasteiger charge is 2.38. The van der Waals surface area contributed by atoms with Gasteiger partial charge in [0.05, 0.1) is 12.5 Å². The summed E-state index contributed by atoms with van der Waals surface area (Å²) in [6, 6.07) is 6.35. The van der Waals surface area contributed by atoms with E-state index in [0.29, 0.717) is 24.6 Å². The largest absolute Gasteiger partial charge is 0.506 e. The molecule has 0 bridgehead atoms. The minimum absolute atomic E-state index is 0.188. The molecule has 1 fully saturated rings. The van der Waals surface area contributed by atoms with Crippen LogP contribution in [0.2, 0.25) is 0 Å². The number of hydrogen-bond donors (Lipinski definition) is 6. The summed E-state index contributed by atoms with van der Waals surface area (Å²) >= 11 is 0. The first-order valence-electron chi connectivity index (χ1n) is 8.78. The molecule has 0 radical (unpaired) electrons. The highest BCUT2D eigenvalue weighted by molar-refractivity contribution is 8.24. The molecule has 1 aliphatic heterocycles. The molecular formula is C18H23FN2O6S. The number of nitrogens with one attached hydrogen (secondary N) is 1. The first-order chi connectivity index (χ1) is 13.1.